The van der Waals surface area contributed by atoms with E-state index in [0.717, 1.165) is 0 Å². The van der Waals surface area contributed by atoms with Crippen LogP contribution in [-0.2, 0) is 0 Å². The van der Waals surface area contributed by atoms with Crippen LogP contribution < -0.4 is 20.5 Å². The number of carbonyl (C=O) groups excluding carboxylic acids is 2. The van der Waals surface area contributed by atoms with Crippen LogP contribution in [0.4, 0.5) is 13.2 Å². The van der Waals surface area contributed by atoms with Crippen LogP contribution in [0, 0.1) is 6.92 Å². The molecule has 0 saturated heterocycles. The van der Waals surface area contributed by atoms with E-state index in [9.17, 15) is 22.8 Å². The number of hydrogen-bond acceptors (Lipinski definition) is 6. The van der Waals surface area contributed by atoms with Gasteiger partial charge < -0.3 is 20.5 Å². The summed E-state index contributed by atoms with van der Waals surface area (Å²) in [5, 5.41) is 9.97. The molecule has 0 atom stereocenters. The van der Waals surface area contributed by atoms with Crippen LogP contribution in [0.15, 0.2) is 42.5 Å². The van der Waals surface area contributed by atoms with Crippen molar-refractivity contribution in [3.05, 3.63) is 64.4 Å². The largest absolute Gasteiger partial charge is 0.490 e. The lowest BCUT2D eigenvalue weighted by atomic mass is 10.1. The zero-order valence-corrected chi connectivity index (χ0v) is 18.5. The monoisotopic (exact) mass is 497 g/mol. The maximum atomic E-state index is 12.5. The molecule has 0 saturated carbocycles. The van der Waals surface area contributed by atoms with Gasteiger partial charge in [0, 0.05) is 10.6 Å². The first-order chi connectivity index (χ1) is 16.0. The number of ether oxygens (including phenoxy) is 2. The van der Waals surface area contributed by atoms with Gasteiger partial charge in [0.15, 0.2) is 5.69 Å². The molecule has 13 heteroatoms. The van der Waals surface area contributed by atoms with Crippen molar-refractivity contribution in [1.82, 2.24) is 20.3 Å². The molecular formula is C21H19ClF3N5O4. The van der Waals surface area contributed by atoms with Crippen molar-refractivity contribution in [1.29, 1.82) is 0 Å². The molecule has 0 spiro atoms. The molecule has 34 heavy (non-hydrogen) atoms. The number of carbonyl (C=O) groups is 2. The van der Waals surface area contributed by atoms with Crippen molar-refractivity contribution in [3.63, 3.8) is 0 Å². The van der Waals surface area contributed by atoms with Gasteiger partial charge in [-0.05, 0) is 49.4 Å². The molecule has 1 heterocycles. The quantitative estimate of drug-likeness (QED) is 0.438. The van der Waals surface area contributed by atoms with Crippen LogP contribution in [-0.4, -0.2) is 52.7 Å². The lowest BCUT2D eigenvalue weighted by molar-refractivity contribution is -0.123. The maximum Gasteiger partial charge on any atom is 0.405 e. The van der Waals surface area contributed by atoms with E-state index in [4.69, 9.17) is 26.8 Å². The van der Waals surface area contributed by atoms with Gasteiger partial charge in [-0.15, -0.1) is 5.10 Å². The second-order valence-electron chi connectivity index (χ2n) is 6.93. The van der Waals surface area contributed by atoms with E-state index < -0.39 is 24.5 Å². The number of amides is 2. The first-order valence-corrected chi connectivity index (χ1v) is 10.2. The highest BCUT2D eigenvalue weighted by atomic mass is 35.5. The Labute approximate surface area is 196 Å². The van der Waals surface area contributed by atoms with Crippen molar-refractivity contribution < 1.29 is 32.2 Å². The topological polar surface area (TPSA) is 121 Å². The number of hydrogen-bond donors (Lipinski definition) is 2. The fraction of sp³-hybridized carbons (Fsp3) is 0.238. The Morgan fingerprint density at radius 1 is 1.12 bits per heavy atom. The van der Waals surface area contributed by atoms with Gasteiger partial charge >= 0.3 is 6.18 Å². The molecule has 0 radical (unpaired) electrons. The fourth-order valence-corrected chi connectivity index (χ4v) is 2.98. The molecule has 0 bridgehead atoms. The van der Waals surface area contributed by atoms with Crippen LogP contribution in [0.3, 0.4) is 0 Å². The summed E-state index contributed by atoms with van der Waals surface area (Å²) in [4.78, 5) is 23.7. The molecule has 0 unspecified atom stereocenters. The molecule has 0 aliphatic rings. The molecule has 3 N–H and O–H groups in total. The lowest BCUT2D eigenvalue weighted by Gasteiger charge is -2.15. The van der Waals surface area contributed by atoms with E-state index in [2.05, 4.69) is 10.3 Å². The van der Waals surface area contributed by atoms with Crippen LogP contribution in [0.5, 0.6) is 11.5 Å². The minimum Gasteiger partial charge on any atom is -0.490 e. The summed E-state index contributed by atoms with van der Waals surface area (Å²) in [6.45, 7) is 0.189. The van der Waals surface area contributed by atoms with Crippen molar-refractivity contribution in [2.45, 2.75) is 13.1 Å². The normalized spacial score (nSPS) is 11.2. The predicted octanol–water partition coefficient (Wildman–Crippen LogP) is 3.08. The third-order valence-corrected chi connectivity index (χ3v) is 4.70. The van der Waals surface area contributed by atoms with Gasteiger partial charge in [-0.3, -0.25) is 9.59 Å². The number of benzene rings is 2. The van der Waals surface area contributed by atoms with Gasteiger partial charge in [0.2, 0.25) is 0 Å². The Kier molecular flexibility index (Phi) is 7.61. The number of rotatable bonds is 9. The summed E-state index contributed by atoms with van der Waals surface area (Å²) in [5.74, 6) is -1.08. The number of nitrogens with one attached hydrogen (secondary N) is 1. The van der Waals surface area contributed by atoms with Crippen molar-refractivity contribution >= 4 is 23.4 Å². The number of aromatic nitrogens is 3. The Bertz CT molecular complexity index is 1180. The van der Waals surface area contributed by atoms with E-state index in [1.54, 1.807) is 36.5 Å². The third-order valence-electron chi connectivity index (χ3n) is 4.45. The molecule has 0 aliphatic heterocycles. The molecule has 9 nitrogen and oxygen atoms in total. The average molecular weight is 498 g/mol. The number of halogens is 4. The number of primary amides is 1. The van der Waals surface area contributed by atoms with E-state index in [-0.39, 0.29) is 35.9 Å². The Morgan fingerprint density at radius 2 is 1.79 bits per heavy atom. The number of nitrogens with zero attached hydrogens (tertiary/aromatic N) is 3. The van der Waals surface area contributed by atoms with E-state index in [0.29, 0.717) is 16.5 Å². The fourth-order valence-electron chi connectivity index (χ4n) is 2.86. The Morgan fingerprint density at radius 3 is 2.41 bits per heavy atom. The minimum atomic E-state index is -4.56. The summed E-state index contributed by atoms with van der Waals surface area (Å²) in [5.41, 5.74) is 5.74. The zero-order chi connectivity index (χ0) is 24.9. The van der Waals surface area contributed by atoms with E-state index >= 15 is 0 Å². The van der Waals surface area contributed by atoms with Gasteiger partial charge in [0.1, 0.15) is 36.9 Å². The molecule has 3 rings (SSSR count). The standard InChI is InChI=1S/C21H19ClF3N5O4/c1-12-18(19(26)31)28-29-30(12)16-7-2-13(20(32)27-11-21(23,24)25)10-17(16)34-9-8-33-15-5-3-14(22)4-6-15/h2-7,10H,8-9,11H2,1H3,(H2,26,31)(H,27,32). The summed E-state index contributed by atoms with van der Waals surface area (Å²) in [6.07, 6.45) is -4.56. The smallest absolute Gasteiger partial charge is 0.405 e. The SMILES string of the molecule is Cc1c(C(N)=O)nnn1-c1ccc(C(=O)NCC(F)(F)F)cc1OCCOc1ccc(Cl)cc1. The second kappa shape index (κ2) is 10.4. The summed E-state index contributed by atoms with van der Waals surface area (Å²) < 4.78 is 49.9. The Hall–Kier alpha value is -3.80. The highest BCUT2D eigenvalue weighted by Crippen LogP contribution is 2.26. The first-order valence-electron chi connectivity index (χ1n) is 9.78. The van der Waals surface area contributed by atoms with E-state index in [1.165, 1.54) is 22.9 Å². The van der Waals surface area contributed by atoms with Gasteiger partial charge in [0.25, 0.3) is 11.8 Å². The molecule has 1 aromatic heterocycles. The number of alkyl halides is 3. The predicted molar refractivity (Wildman–Crippen MR) is 115 cm³/mol. The molecular weight excluding hydrogens is 479 g/mol. The molecule has 2 amide bonds. The summed E-state index contributed by atoms with van der Waals surface area (Å²) in [6, 6.07) is 10.6. The molecule has 2 aromatic carbocycles. The minimum absolute atomic E-state index is 0.0136. The van der Waals surface area contributed by atoms with Crippen molar-refractivity contribution in [2.24, 2.45) is 5.73 Å². The first kappa shape index (κ1) is 24.8. The van der Waals surface area contributed by atoms with Crippen LogP contribution in [0.25, 0.3) is 5.69 Å². The highest BCUT2D eigenvalue weighted by Gasteiger charge is 2.28. The summed E-state index contributed by atoms with van der Waals surface area (Å²) >= 11 is 5.83. The van der Waals surface area contributed by atoms with Crippen LogP contribution in [0.2, 0.25) is 5.02 Å². The van der Waals surface area contributed by atoms with Gasteiger partial charge in [-0.25, -0.2) is 4.68 Å². The molecule has 180 valence electrons. The van der Waals surface area contributed by atoms with Crippen molar-refractivity contribution in [3.8, 4) is 17.2 Å². The zero-order valence-electron chi connectivity index (χ0n) is 17.7. The van der Waals surface area contributed by atoms with Crippen LogP contribution in [0.1, 0.15) is 26.5 Å². The molecule has 0 aliphatic carbocycles. The van der Waals surface area contributed by atoms with Gasteiger partial charge in [-0.1, -0.05) is 16.8 Å². The maximum absolute atomic E-state index is 12.5. The third kappa shape index (κ3) is 6.38. The van der Waals surface area contributed by atoms with Gasteiger partial charge in [0.05, 0.1) is 5.69 Å². The average Bonchev–Trinajstić information content (AvgIpc) is 3.17. The second-order valence-corrected chi connectivity index (χ2v) is 7.37. The lowest BCUT2D eigenvalue weighted by Crippen LogP contribution is -2.33. The molecule has 0 fully saturated rings. The van der Waals surface area contributed by atoms with Gasteiger partial charge in [-0.2, -0.15) is 13.2 Å². The summed E-state index contributed by atoms with van der Waals surface area (Å²) in [7, 11) is 0. The number of nitrogens with two attached hydrogens (primary N) is 1. The van der Waals surface area contributed by atoms with Crippen LogP contribution >= 0.6 is 11.6 Å². The Balaban J connectivity index is 1.82. The highest BCUT2D eigenvalue weighted by molar-refractivity contribution is 6.30. The van der Waals surface area contributed by atoms with E-state index in [1.807, 2.05) is 0 Å². The van der Waals surface area contributed by atoms with Crippen molar-refractivity contribution in [2.75, 3.05) is 19.8 Å². The molecule has 3 aromatic rings.